The van der Waals surface area contributed by atoms with Crippen molar-refractivity contribution in [2.24, 2.45) is 5.92 Å². The Balaban J connectivity index is 1.55. The summed E-state index contributed by atoms with van der Waals surface area (Å²) in [5.74, 6) is 0.0624. The summed E-state index contributed by atoms with van der Waals surface area (Å²) in [5.41, 5.74) is 5.08. The van der Waals surface area contributed by atoms with Crippen LogP contribution in [0.25, 0.3) is 0 Å². The van der Waals surface area contributed by atoms with Gasteiger partial charge in [-0.15, -0.1) is 0 Å². The Morgan fingerprint density at radius 3 is 2.19 bits per heavy atom. The minimum absolute atomic E-state index is 0.0429. The maximum Gasteiger partial charge on any atom is 0.253 e. The third kappa shape index (κ3) is 4.13. The number of piperidine rings is 1. The van der Waals surface area contributed by atoms with E-state index in [2.05, 4.69) is 12.2 Å². The van der Waals surface area contributed by atoms with Gasteiger partial charge in [0.05, 0.1) is 0 Å². The minimum Gasteiger partial charge on any atom is -0.339 e. The van der Waals surface area contributed by atoms with Gasteiger partial charge < -0.3 is 10.2 Å². The Morgan fingerprint density at radius 2 is 1.58 bits per heavy atom. The molecule has 0 aliphatic carbocycles. The van der Waals surface area contributed by atoms with Crippen LogP contribution in [0.1, 0.15) is 39.9 Å². The van der Waals surface area contributed by atoms with Crippen molar-refractivity contribution in [3.05, 3.63) is 64.7 Å². The number of rotatable bonds is 3. The second-order valence-corrected chi connectivity index (χ2v) is 7.22. The Morgan fingerprint density at radius 1 is 0.923 bits per heavy atom. The quantitative estimate of drug-likeness (QED) is 0.906. The Labute approximate surface area is 155 Å². The van der Waals surface area contributed by atoms with Gasteiger partial charge >= 0.3 is 0 Å². The molecule has 2 aromatic rings. The molecule has 4 heteroatoms. The zero-order chi connectivity index (χ0) is 18.7. The van der Waals surface area contributed by atoms with E-state index in [4.69, 9.17) is 0 Å². The van der Waals surface area contributed by atoms with E-state index in [1.165, 1.54) is 11.1 Å². The van der Waals surface area contributed by atoms with Crippen LogP contribution in [0.2, 0.25) is 0 Å². The molecule has 26 heavy (non-hydrogen) atoms. The first-order valence-corrected chi connectivity index (χ1v) is 9.18. The molecule has 1 aliphatic heterocycles. The van der Waals surface area contributed by atoms with Crippen molar-refractivity contribution in [3.8, 4) is 0 Å². The first kappa shape index (κ1) is 18.2. The van der Waals surface area contributed by atoms with E-state index in [1.807, 2.05) is 61.2 Å². The van der Waals surface area contributed by atoms with Crippen molar-refractivity contribution >= 4 is 17.5 Å². The Kier molecular flexibility index (Phi) is 5.40. The van der Waals surface area contributed by atoms with Gasteiger partial charge in [0.25, 0.3) is 5.91 Å². The van der Waals surface area contributed by atoms with Crippen LogP contribution in [-0.2, 0) is 4.79 Å². The van der Waals surface area contributed by atoms with Crippen LogP contribution in [0.5, 0.6) is 0 Å². The lowest BCUT2D eigenvalue weighted by Gasteiger charge is -2.31. The zero-order valence-corrected chi connectivity index (χ0v) is 15.7. The van der Waals surface area contributed by atoms with Gasteiger partial charge in [-0.1, -0.05) is 23.8 Å². The molecule has 2 amide bonds. The molecule has 0 radical (unpaired) electrons. The van der Waals surface area contributed by atoms with Crippen LogP contribution in [-0.4, -0.2) is 29.8 Å². The number of hydrogen-bond acceptors (Lipinski definition) is 2. The van der Waals surface area contributed by atoms with Crippen molar-refractivity contribution in [1.82, 2.24) is 4.90 Å². The molecule has 0 aromatic heterocycles. The largest absolute Gasteiger partial charge is 0.339 e. The van der Waals surface area contributed by atoms with Gasteiger partial charge in [-0.05, 0) is 69.0 Å². The lowest BCUT2D eigenvalue weighted by Crippen LogP contribution is -2.41. The molecule has 0 unspecified atom stereocenters. The van der Waals surface area contributed by atoms with Crippen LogP contribution in [0, 0.1) is 26.7 Å². The molecule has 2 aromatic carbocycles. The highest BCUT2D eigenvalue weighted by Gasteiger charge is 2.27. The summed E-state index contributed by atoms with van der Waals surface area (Å²) >= 11 is 0. The van der Waals surface area contributed by atoms with E-state index in [9.17, 15) is 9.59 Å². The number of amides is 2. The fourth-order valence-corrected chi connectivity index (χ4v) is 3.29. The first-order valence-electron chi connectivity index (χ1n) is 9.18. The number of anilines is 1. The molecule has 1 N–H and O–H groups in total. The number of nitrogens with zero attached hydrogens (tertiary/aromatic N) is 1. The molecule has 0 atom stereocenters. The Hall–Kier alpha value is -2.62. The summed E-state index contributed by atoms with van der Waals surface area (Å²) in [6, 6.07) is 13.6. The maximum absolute atomic E-state index is 12.6. The number of carbonyl (C=O) groups excluding carboxylic acids is 2. The van der Waals surface area contributed by atoms with Gasteiger partial charge in [0.2, 0.25) is 5.91 Å². The van der Waals surface area contributed by atoms with E-state index in [0.717, 1.165) is 11.3 Å². The van der Waals surface area contributed by atoms with E-state index < -0.39 is 0 Å². The number of likely N-dealkylation sites (tertiary alicyclic amines) is 1. The molecule has 0 bridgehead atoms. The predicted octanol–water partition coefficient (Wildman–Crippen LogP) is 4.10. The van der Waals surface area contributed by atoms with Gasteiger partial charge in [-0.3, -0.25) is 9.59 Å². The highest BCUT2D eigenvalue weighted by atomic mass is 16.2. The summed E-state index contributed by atoms with van der Waals surface area (Å²) < 4.78 is 0. The van der Waals surface area contributed by atoms with Crippen LogP contribution >= 0.6 is 0 Å². The lowest BCUT2D eigenvalue weighted by molar-refractivity contribution is -0.121. The van der Waals surface area contributed by atoms with Gasteiger partial charge in [-0.2, -0.15) is 0 Å². The van der Waals surface area contributed by atoms with Crippen LogP contribution in [0.4, 0.5) is 5.69 Å². The summed E-state index contributed by atoms with van der Waals surface area (Å²) in [6.07, 6.45) is 1.41. The number of carbonyl (C=O) groups is 2. The van der Waals surface area contributed by atoms with Crippen LogP contribution in [0.15, 0.2) is 42.5 Å². The smallest absolute Gasteiger partial charge is 0.253 e. The van der Waals surface area contributed by atoms with E-state index in [-0.39, 0.29) is 17.7 Å². The van der Waals surface area contributed by atoms with Crippen molar-refractivity contribution in [2.75, 3.05) is 18.4 Å². The number of aryl methyl sites for hydroxylation is 3. The molecular formula is C22H26N2O2. The standard InChI is InChI=1S/C22H26N2O2/c1-15-4-7-19(8-5-15)22(26)24-12-10-18(11-13-24)21(25)23-20-9-6-16(2)17(3)14-20/h4-9,14,18H,10-13H2,1-3H3,(H,23,25). The average Bonchev–Trinajstić information content (AvgIpc) is 2.65. The van der Waals surface area contributed by atoms with Crippen LogP contribution in [0.3, 0.4) is 0 Å². The topological polar surface area (TPSA) is 49.4 Å². The molecule has 136 valence electrons. The molecule has 0 saturated carbocycles. The van der Waals surface area contributed by atoms with Crippen molar-refractivity contribution in [3.63, 3.8) is 0 Å². The summed E-state index contributed by atoms with van der Waals surface area (Å²) in [6.45, 7) is 7.35. The molecule has 1 saturated heterocycles. The fourth-order valence-electron chi connectivity index (χ4n) is 3.29. The molecule has 3 rings (SSSR count). The Bertz CT molecular complexity index is 803. The molecular weight excluding hydrogens is 324 g/mol. The first-order chi connectivity index (χ1) is 12.4. The van der Waals surface area contributed by atoms with E-state index in [1.54, 1.807) is 0 Å². The van der Waals surface area contributed by atoms with Crippen molar-refractivity contribution < 1.29 is 9.59 Å². The normalized spacial score (nSPS) is 15.0. The molecule has 1 fully saturated rings. The molecule has 0 spiro atoms. The van der Waals surface area contributed by atoms with Gasteiger partial charge in [-0.25, -0.2) is 0 Å². The third-order valence-electron chi connectivity index (χ3n) is 5.23. The van der Waals surface area contributed by atoms with Gasteiger partial charge in [0.15, 0.2) is 0 Å². The fraction of sp³-hybridized carbons (Fsp3) is 0.364. The average molecular weight is 350 g/mol. The molecule has 4 nitrogen and oxygen atoms in total. The second kappa shape index (κ2) is 7.73. The maximum atomic E-state index is 12.6. The molecule has 1 aliphatic rings. The lowest BCUT2D eigenvalue weighted by atomic mass is 9.95. The molecule has 1 heterocycles. The highest BCUT2D eigenvalue weighted by molar-refractivity contribution is 5.95. The van der Waals surface area contributed by atoms with E-state index in [0.29, 0.717) is 31.5 Å². The monoisotopic (exact) mass is 350 g/mol. The number of nitrogens with one attached hydrogen (secondary N) is 1. The van der Waals surface area contributed by atoms with Gasteiger partial charge in [0.1, 0.15) is 0 Å². The summed E-state index contributed by atoms with van der Waals surface area (Å²) in [5, 5.41) is 3.02. The predicted molar refractivity (Wildman–Crippen MR) is 104 cm³/mol. The van der Waals surface area contributed by atoms with Gasteiger partial charge in [0, 0.05) is 30.3 Å². The number of benzene rings is 2. The zero-order valence-electron chi connectivity index (χ0n) is 15.7. The highest BCUT2D eigenvalue weighted by Crippen LogP contribution is 2.22. The van der Waals surface area contributed by atoms with E-state index >= 15 is 0 Å². The summed E-state index contributed by atoms with van der Waals surface area (Å²) in [7, 11) is 0. The van der Waals surface area contributed by atoms with Crippen molar-refractivity contribution in [2.45, 2.75) is 33.6 Å². The second-order valence-electron chi connectivity index (χ2n) is 7.22. The summed E-state index contributed by atoms with van der Waals surface area (Å²) in [4.78, 5) is 27.0. The third-order valence-corrected chi connectivity index (χ3v) is 5.23. The number of hydrogen-bond donors (Lipinski definition) is 1. The van der Waals surface area contributed by atoms with Crippen LogP contribution < -0.4 is 5.32 Å². The SMILES string of the molecule is Cc1ccc(C(=O)N2CCC(C(=O)Nc3ccc(C)c(C)c3)CC2)cc1. The minimum atomic E-state index is -0.0429. The van der Waals surface area contributed by atoms with Crippen molar-refractivity contribution in [1.29, 1.82) is 0 Å².